The molecule has 0 saturated carbocycles. The fraction of sp³-hybridized carbons (Fsp3) is 0. The summed E-state index contributed by atoms with van der Waals surface area (Å²) in [6, 6.07) is 23.6. The first-order chi connectivity index (χ1) is 8.34. The van der Waals surface area contributed by atoms with E-state index in [0.717, 1.165) is 26.9 Å². The van der Waals surface area contributed by atoms with Crippen molar-refractivity contribution in [3.8, 4) is 11.1 Å². The van der Waals surface area contributed by atoms with Crippen LogP contribution in [0.25, 0.3) is 21.9 Å². The van der Waals surface area contributed by atoms with Gasteiger partial charge in [-0.15, -0.1) is 0 Å². The Hall–Kier alpha value is -1.79. The molecule has 0 saturated heterocycles. The molecule has 0 aliphatic carbocycles. The topological polar surface area (TPSA) is 0 Å². The van der Waals surface area contributed by atoms with Crippen LogP contribution in [0.1, 0.15) is 0 Å². The van der Waals surface area contributed by atoms with Gasteiger partial charge < -0.3 is 0 Å². The second-order valence-electron chi connectivity index (χ2n) is 3.95. The van der Waals surface area contributed by atoms with Crippen LogP contribution in [0.2, 0.25) is 5.02 Å². The van der Waals surface area contributed by atoms with Crippen molar-refractivity contribution in [2.75, 3.05) is 0 Å². The number of halogens is 1. The maximum Gasteiger partial charge on any atom is 0.0497 e. The predicted octanol–water partition coefficient (Wildman–Crippen LogP) is 4.96. The van der Waals surface area contributed by atoms with Crippen LogP contribution in [0, 0.1) is 6.07 Å². The highest BCUT2D eigenvalue weighted by Gasteiger charge is 2.05. The van der Waals surface area contributed by atoms with Gasteiger partial charge in [0.1, 0.15) is 0 Å². The van der Waals surface area contributed by atoms with E-state index in [9.17, 15) is 0 Å². The van der Waals surface area contributed by atoms with Gasteiger partial charge in [-0.1, -0.05) is 66.2 Å². The summed E-state index contributed by atoms with van der Waals surface area (Å²) in [4.78, 5) is 0. The summed E-state index contributed by atoms with van der Waals surface area (Å²) < 4.78 is 0. The van der Waals surface area contributed by atoms with Gasteiger partial charge in [0.05, 0.1) is 0 Å². The predicted molar refractivity (Wildman–Crippen MR) is 73.2 cm³/mol. The Labute approximate surface area is 105 Å². The third kappa shape index (κ3) is 1.92. The summed E-state index contributed by atoms with van der Waals surface area (Å²) in [6.07, 6.45) is 0. The summed E-state index contributed by atoms with van der Waals surface area (Å²) in [5.41, 5.74) is 2.06. The minimum atomic E-state index is 0.745. The highest BCUT2D eigenvalue weighted by molar-refractivity contribution is 6.34. The van der Waals surface area contributed by atoms with Crippen molar-refractivity contribution < 1.29 is 0 Å². The van der Waals surface area contributed by atoms with E-state index >= 15 is 0 Å². The van der Waals surface area contributed by atoms with E-state index in [1.807, 2.05) is 54.6 Å². The molecule has 0 nitrogen and oxygen atoms in total. The summed E-state index contributed by atoms with van der Waals surface area (Å²) in [7, 11) is 0. The zero-order chi connectivity index (χ0) is 11.7. The third-order valence-corrected chi connectivity index (χ3v) is 3.10. The van der Waals surface area contributed by atoms with Crippen LogP contribution in [0.15, 0.2) is 60.7 Å². The number of hydrogen-bond donors (Lipinski definition) is 0. The van der Waals surface area contributed by atoms with E-state index in [4.69, 9.17) is 11.6 Å². The SMILES string of the molecule is Clc1cc2ccccc2[c]c1-c1ccccc1. The molecule has 0 aromatic heterocycles. The normalized spacial score (nSPS) is 10.6. The van der Waals surface area contributed by atoms with Crippen molar-refractivity contribution in [1.29, 1.82) is 0 Å². The Balaban J connectivity index is 2.27. The molecule has 0 unspecified atom stereocenters. The summed E-state index contributed by atoms with van der Waals surface area (Å²) in [6.45, 7) is 0. The van der Waals surface area contributed by atoms with Crippen LogP contribution in [0.3, 0.4) is 0 Å². The molecule has 3 aromatic carbocycles. The van der Waals surface area contributed by atoms with Crippen LogP contribution < -0.4 is 0 Å². The maximum atomic E-state index is 6.31. The summed E-state index contributed by atoms with van der Waals surface area (Å²) in [5.74, 6) is 0. The largest absolute Gasteiger partial charge is 0.0836 e. The average Bonchev–Trinajstić information content (AvgIpc) is 2.39. The van der Waals surface area contributed by atoms with E-state index in [1.165, 1.54) is 0 Å². The van der Waals surface area contributed by atoms with Crippen LogP contribution in [0.4, 0.5) is 0 Å². The molecule has 0 atom stereocenters. The van der Waals surface area contributed by atoms with Gasteiger partial charge in [-0.3, -0.25) is 0 Å². The van der Waals surface area contributed by atoms with Gasteiger partial charge in [-0.25, -0.2) is 0 Å². The van der Waals surface area contributed by atoms with Gasteiger partial charge in [0.15, 0.2) is 0 Å². The van der Waals surface area contributed by atoms with Crippen LogP contribution >= 0.6 is 11.6 Å². The lowest BCUT2D eigenvalue weighted by atomic mass is 10.0. The number of benzene rings is 3. The quantitative estimate of drug-likeness (QED) is 0.561. The molecule has 0 aliphatic rings. The molecule has 3 rings (SSSR count). The standard InChI is InChI=1S/C16H10Cl/c17-16-11-14-9-5-4-8-13(14)10-15(16)12-6-2-1-3-7-12/h1-9,11H. The molecule has 3 aromatic rings. The molecule has 17 heavy (non-hydrogen) atoms. The molecule has 0 spiro atoms. The number of fused-ring (bicyclic) bond motifs is 1. The lowest BCUT2D eigenvalue weighted by Gasteiger charge is -2.06. The summed E-state index contributed by atoms with van der Waals surface area (Å²) in [5, 5.41) is 2.96. The molecule has 1 radical (unpaired) electrons. The maximum absolute atomic E-state index is 6.31. The smallest absolute Gasteiger partial charge is 0.0497 e. The van der Waals surface area contributed by atoms with E-state index in [0.29, 0.717) is 0 Å². The van der Waals surface area contributed by atoms with Crippen molar-refractivity contribution in [3.05, 3.63) is 71.8 Å². The zero-order valence-electron chi connectivity index (χ0n) is 9.15. The Morgan fingerprint density at radius 1 is 0.824 bits per heavy atom. The zero-order valence-corrected chi connectivity index (χ0v) is 9.91. The van der Waals surface area contributed by atoms with Crippen molar-refractivity contribution in [2.24, 2.45) is 0 Å². The van der Waals surface area contributed by atoms with Gasteiger partial charge in [-0.2, -0.15) is 0 Å². The number of rotatable bonds is 1. The van der Waals surface area contributed by atoms with Crippen molar-refractivity contribution >= 4 is 22.4 Å². The molecule has 81 valence electrons. The molecule has 0 N–H and O–H groups in total. The van der Waals surface area contributed by atoms with Gasteiger partial charge in [0.25, 0.3) is 0 Å². The van der Waals surface area contributed by atoms with E-state index in [-0.39, 0.29) is 0 Å². The Morgan fingerprint density at radius 2 is 1.53 bits per heavy atom. The van der Waals surface area contributed by atoms with Gasteiger partial charge >= 0.3 is 0 Å². The summed E-state index contributed by atoms with van der Waals surface area (Å²) >= 11 is 6.31. The second-order valence-corrected chi connectivity index (χ2v) is 4.35. The Morgan fingerprint density at radius 3 is 2.35 bits per heavy atom. The molecular weight excluding hydrogens is 228 g/mol. The van der Waals surface area contributed by atoms with Gasteiger partial charge in [0, 0.05) is 16.7 Å². The van der Waals surface area contributed by atoms with Crippen molar-refractivity contribution in [2.45, 2.75) is 0 Å². The van der Waals surface area contributed by atoms with E-state index in [1.54, 1.807) is 0 Å². The van der Waals surface area contributed by atoms with Crippen molar-refractivity contribution in [1.82, 2.24) is 0 Å². The molecule has 0 bridgehead atoms. The van der Waals surface area contributed by atoms with Crippen molar-refractivity contribution in [3.63, 3.8) is 0 Å². The number of hydrogen-bond acceptors (Lipinski definition) is 0. The van der Waals surface area contributed by atoms with E-state index < -0.39 is 0 Å². The molecule has 0 aliphatic heterocycles. The average molecular weight is 238 g/mol. The second kappa shape index (κ2) is 4.23. The fourth-order valence-corrected chi connectivity index (χ4v) is 2.23. The molecular formula is C16H10Cl. The minimum Gasteiger partial charge on any atom is -0.0836 e. The first-order valence-electron chi connectivity index (χ1n) is 5.50. The molecule has 0 amide bonds. The molecule has 0 heterocycles. The first-order valence-corrected chi connectivity index (χ1v) is 5.88. The van der Waals surface area contributed by atoms with E-state index in [2.05, 4.69) is 12.1 Å². The lowest BCUT2D eigenvalue weighted by molar-refractivity contribution is 1.63. The fourth-order valence-electron chi connectivity index (χ4n) is 1.95. The highest BCUT2D eigenvalue weighted by atomic mass is 35.5. The van der Waals surface area contributed by atoms with Crippen LogP contribution in [-0.2, 0) is 0 Å². The first kappa shape index (κ1) is 10.4. The Bertz CT molecular complexity index is 657. The highest BCUT2D eigenvalue weighted by Crippen LogP contribution is 2.31. The molecule has 0 fully saturated rings. The van der Waals surface area contributed by atoms with Crippen LogP contribution in [0.5, 0.6) is 0 Å². The van der Waals surface area contributed by atoms with Crippen LogP contribution in [-0.4, -0.2) is 0 Å². The third-order valence-electron chi connectivity index (χ3n) is 2.80. The minimum absolute atomic E-state index is 0.745. The van der Waals surface area contributed by atoms with Gasteiger partial charge in [0.2, 0.25) is 0 Å². The van der Waals surface area contributed by atoms with Gasteiger partial charge in [-0.05, 0) is 22.4 Å². The monoisotopic (exact) mass is 237 g/mol. The Kier molecular flexibility index (Phi) is 2.58. The molecule has 1 heteroatoms. The lowest BCUT2D eigenvalue weighted by Crippen LogP contribution is -1.81.